The summed E-state index contributed by atoms with van der Waals surface area (Å²) in [4.78, 5) is 17.0. The van der Waals surface area contributed by atoms with Crippen LogP contribution in [-0.4, -0.2) is 26.6 Å². The fraction of sp³-hybridized carbons (Fsp3) is 0.538. The smallest absolute Gasteiger partial charge is 0.408 e. The fourth-order valence-electron chi connectivity index (χ4n) is 2.21. The summed E-state index contributed by atoms with van der Waals surface area (Å²) in [7, 11) is 0. The van der Waals surface area contributed by atoms with E-state index >= 15 is 0 Å². The second-order valence-electron chi connectivity index (χ2n) is 5.41. The van der Waals surface area contributed by atoms with E-state index < -0.39 is 11.6 Å². The number of aromatic nitrogens is 1. The second kappa shape index (κ2) is 4.84. The average molecular weight is 251 g/mol. The third-order valence-corrected chi connectivity index (χ3v) is 2.91. The maximum Gasteiger partial charge on any atom is 0.408 e. The Hall–Kier alpha value is -1.78. The summed E-state index contributed by atoms with van der Waals surface area (Å²) in [6, 6.07) is 3.27. The van der Waals surface area contributed by atoms with Gasteiger partial charge in [0, 0.05) is 11.2 Å². The Bertz CT molecular complexity index is 452. The van der Waals surface area contributed by atoms with Crippen LogP contribution >= 0.6 is 0 Å². The highest BCUT2D eigenvalue weighted by molar-refractivity contribution is 5.67. The van der Waals surface area contributed by atoms with Crippen LogP contribution in [0, 0.1) is 6.92 Å². The Morgan fingerprint density at radius 1 is 1.44 bits per heavy atom. The van der Waals surface area contributed by atoms with Crippen molar-refractivity contribution >= 4 is 11.9 Å². The van der Waals surface area contributed by atoms with Crippen molar-refractivity contribution < 1.29 is 9.90 Å². The topological polar surface area (TPSA) is 79.5 Å². The number of amides is 1. The van der Waals surface area contributed by atoms with Gasteiger partial charge in [-0.2, -0.15) is 0 Å². The van der Waals surface area contributed by atoms with Crippen molar-refractivity contribution in [2.75, 3.05) is 5.73 Å². The van der Waals surface area contributed by atoms with Gasteiger partial charge < -0.3 is 10.8 Å². The number of rotatable bonds is 2. The number of nitrogens with two attached hydrogens (primary N) is 1. The molecule has 0 aliphatic rings. The monoisotopic (exact) mass is 251 g/mol. The maximum atomic E-state index is 11.4. The van der Waals surface area contributed by atoms with E-state index in [-0.39, 0.29) is 6.04 Å². The van der Waals surface area contributed by atoms with Crippen LogP contribution in [0.4, 0.5) is 10.6 Å². The molecule has 1 atom stereocenters. The summed E-state index contributed by atoms with van der Waals surface area (Å²) >= 11 is 0. The molecule has 0 saturated carbocycles. The van der Waals surface area contributed by atoms with Gasteiger partial charge in [0.2, 0.25) is 0 Å². The first kappa shape index (κ1) is 14.3. The number of hydrogen-bond acceptors (Lipinski definition) is 3. The molecule has 5 nitrogen and oxygen atoms in total. The van der Waals surface area contributed by atoms with Crippen molar-refractivity contribution in [3.8, 4) is 0 Å². The largest absolute Gasteiger partial charge is 0.465 e. The third-order valence-electron chi connectivity index (χ3n) is 2.91. The number of anilines is 1. The normalized spacial score (nSPS) is 13.2. The van der Waals surface area contributed by atoms with Crippen LogP contribution in [0.3, 0.4) is 0 Å². The molecule has 0 fully saturated rings. The highest BCUT2D eigenvalue weighted by Crippen LogP contribution is 2.29. The van der Waals surface area contributed by atoms with E-state index in [1.165, 1.54) is 4.90 Å². The zero-order valence-electron chi connectivity index (χ0n) is 11.6. The second-order valence-corrected chi connectivity index (χ2v) is 5.41. The summed E-state index contributed by atoms with van der Waals surface area (Å²) < 4.78 is 0. The minimum Gasteiger partial charge on any atom is -0.465 e. The molecule has 5 heteroatoms. The van der Waals surface area contributed by atoms with Crippen LogP contribution in [0.2, 0.25) is 0 Å². The summed E-state index contributed by atoms with van der Waals surface area (Å²) in [6.45, 7) is 9.32. The average Bonchev–Trinajstić information content (AvgIpc) is 2.13. The highest BCUT2D eigenvalue weighted by atomic mass is 16.4. The lowest BCUT2D eigenvalue weighted by atomic mass is 9.99. The first-order chi connectivity index (χ1) is 8.14. The van der Waals surface area contributed by atoms with Crippen LogP contribution < -0.4 is 5.73 Å². The lowest BCUT2D eigenvalue weighted by Crippen LogP contribution is -2.46. The van der Waals surface area contributed by atoms with Crippen molar-refractivity contribution in [2.24, 2.45) is 0 Å². The van der Waals surface area contributed by atoms with Gasteiger partial charge in [0.25, 0.3) is 0 Å². The van der Waals surface area contributed by atoms with E-state index in [0.717, 1.165) is 11.3 Å². The summed E-state index contributed by atoms with van der Waals surface area (Å²) in [5.74, 6) is 0.445. The molecule has 1 aromatic rings. The minimum absolute atomic E-state index is 0.268. The van der Waals surface area contributed by atoms with Crippen LogP contribution in [-0.2, 0) is 0 Å². The number of pyridine rings is 1. The zero-order valence-corrected chi connectivity index (χ0v) is 11.6. The number of carbonyl (C=O) groups is 1. The van der Waals surface area contributed by atoms with Crippen molar-refractivity contribution in [2.45, 2.75) is 46.2 Å². The van der Waals surface area contributed by atoms with E-state index in [2.05, 4.69) is 4.98 Å². The molecule has 1 unspecified atom stereocenters. The summed E-state index contributed by atoms with van der Waals surface area (Å²) in [5.41, 5.74) is 6.77. The lowest BCUT2D eigenvalue weighted by Gasteiger charge is -2.38. The van der Waals surface area contributed by atoms with E-state index in [9.17, 15) is 9.90 Å². The van der Waals surface area contributed by atoms with E-state index in [1.54, 1.807) is 6.07 Å². The van der Waals surface area contributed by atoms with Gasteiger partial charge in [-0.25, -0.2) is 9.78 Å². The molecule has 1 heterocycles. The standard InChI is InChI=1S/C13H21N3O2/c1-8-10(6-7-11(14)15-8)9(2)16(12(17)18)13(3,4)5/h6-7,9H,1-5H3,(H2,14,15)(H,17,18). The quantitative estimate of drug-likeness (QED) is 0.847. The molecule has 0 saturated heterocycles. The van der Waals surface area contributed by atoms with E-state index in [1.807, 2.05) is 40.7 Å². The van der Waals surface area contributed by atoms with Crippen molar-refractivity contribution in [3.63, 3.8) is 0 Å². The van der Waals surface area contributed by atoms with Gasteiger partial charge in [-0.3, -0.25) is 4.90 Å². The number of carboxylic acid groups (broad SMARTS) is 1. The molecule has 100 valence electrons. The third kappa shape index (κ3) is 2.91. The van der Waals surface area contributed by atoms with Crippen LogP contribution in [0.5, 0.6) is 0 Å². The van der Waals surface area contributed by atoms with Crippen LogP contribution in [0.1, 0.15) is 45.0 Å². The molecule has 0 spiro atoms. The van der Waals surface area contributed by atoms with Gasteiger partial charge in [-0.05, 0) is 46.2 Å². The zero-order chi connectivity index (χ0) is 14.1. The summed E-state index contributed by atoms with van der Waals surface area (Å²) in [5, 5.41) is 9.37. The van der Waals surface area contributed by atoms with Crippen LogP contribution in [0.15, 0.2) is 12.1 Å². The molecule has 0 radical (unpaired) electrons. The first-order valence-corrected chi connectivity index (χ1v) is 5.90. The Kier molecular flexibility index (Phi) is 3.84. The predicted octanol–water partition coefficient (Wildman–Crippen LogP) is 2.81. The highest BCUT2D eigenvalue weighted by Gasteiger charge is 2.32. The number of nitrogens with zero attached hydrogens (tertiary/aromatic N) is 2. The maximum absolute atomic E-state index is 11.4. The molecule has 18 heavy (non-hydrogen) atoms. The predicted molar refractivity (Wildman–Crippen MR) is 71.4 cm³/mol. The Morgan fingerprint density at radius 2 is 2.00 bits per heavy atom. The van der Waals surface area contributed by atoms with Gasteiger partial charge in [-0.15, -0.1) is 0 Å². The van der Waals surface area contributed by atoms with Crippen molar-refractivity contribution in [1.82, 2.24) is 9.88 Å². The minimum atomic E-state index is -0.939. The van der Waals surface area contributed by atoms with Crippen molar-refractivity contribution in [1.29, 1.82) is 0 Å². The molecule has 0 aliphatic carbocycles. The van der Waals surface area contributed by atoms with Crippen molar-refractivity contribution in [3.05, 3.63) is 23.4 Å². The Morgan fingerprint density at radius 3 is 2.39 bits per heavy atom. The van der Waals surface area contributed by atoms with Gasteiger partial charge in [0.05, 0.1) is 6.04 Å². The van der Waals surface area contributed by atoms with E-state index in [4.69, 9.17) is 5.73 Å². The number of hydrogen-bond donors (Lipinski definition) is 2. The van der Waals surface area contributed by atoms with Gasteiger partial charge in [-0.1, -0.05) is 6.07 Å². The molecule has 0 aromatic carbocycles. The molecule has 3 N–H and O–H groups in total. The molecule has 0 bridgehead atoms. The molecule has 1 rings (SSSR count). The molecule has 1 aromatic heterocycles. The molecular formula is C13H21N3O2. The summed E-state index contributed by atoms with van der Waals surface area (Å²) in [6.07, 6.45) is -0.939. The molecule has 1 amide bonds. The molecule has 0 aliphatic heterocycles. The van der Waals surface area contributed by atoms with Gasteiger partial charge >= 0.3 is 6.09 Å². The Balaban J connectivity index is 3.18. The first-order valence-electron chi connectivity index (χ1n) is 5.90. The van der Waals surface area contributed by atoms with Crippen LogP contribution in [0.25, 0.3) is 0 Å². The SMILES string of the molecule is Cc1nc(N)ccc1C(C)N(C(=O)O)C(C)(C)C. The van der Waals surface area contributed by atoms with Gasteiger partial charge in [0.15, 0.2) is 0 Å². The lowest BCUT2D eigenvalue weighted by molar-refractivity contribution is 0.0750. The fourth-order valence-corrected chi connectivity index (χ4v) is 2.21. The number of nitrogen functional groups attached to an aromatic ring is 1. The van der Waals surface area contributed by atoms with E-state index in [0.29, 0.717) is 5.82 Å². The Labute approximate surface area is 108 Å². The molecular weight excluding hydrogens is 230 g/mol. The number of aryl methyl sites for hydroxylation is 1. The van der Waals surface area contributed by atoms with Gasteiger partial charge in [0.1, 0.15) is 5.82 Å².